The lowest BCUT2D eigenvalue weighted by atomic mass is 10.1. The van der Waals surface area contributed by atoms with E-state index in [2.05, 4.69) is 6.58 Å². The zero-order valence-electron chi connectivity index (χ0n) is 20.9. The Morgan fingerprint density at radius 2 is 1.69 bits per heavy atom. The number of hydrogen-bond acceptors (Lipinski definition) is 6. The van der Waals surface area contributed by atoms with Crippen molar-refractivity contribution in [3.8, 4) is 17.2 Å². The summed E-state index contributed by atoms with van der Waals surface area (Å²) in [5.74, 6) is 1.60. The molecule has 0 unspecified atom stereocenters. The molecular formula is C28H32N2O5S. The average molecular weight is 509 g/mol. The van der Waals surface area contributed by atoms with Gasteiger partial charge in [0, 0.05) is 23.5 Å². The summed E-state index contributed by atoms with van der Waals surface area (Å²) >= 11 is 1.60. The first-order valence-corrected chi connectivity index (χ1v) is 12.4. The van der Waals surface area contributed by atoms with Crippen LogP contribution < -0.4 is 14.2 Å². The van der Waals surface area contributed by atoms with Crippen LogP contribution in [0.25, 0.3) is 0 Å². The number of thiophene rings is 1. The topological polar surface area (TPSA) is 68.3 Å². The number of benzene rings is 2. The van der Waals surface area contributed by atoms with Crippen molar-refractivity contribution in [3.63, 3.8) is 0 Å². The molecule has 0 aliphatic heterocycles. The molecule has 0 aliphatic rings. The standard InChI is InChI=1S/C28H32N2O5S/c1-5-15-30(28(32)22-9-11-23(33-2)12-10-22)20-27(31)29(19-24-7-6-17-36-24)16-14-21-8-13-25(34-3)26(18-21)35-4/h5-13,17-18H,1,14-16,19-20H2,2-4H3. The van der Waals surface area contributed by atoms with Gasteiger partial charge in [0.25, 0.3) is 5.91 Å². The minimum Gasteiger partial charge on any atom is -0.497 e. The van der Waals surface area contributed by atoms with Gasteiger partial charge in [0.1, 0.15) is 12.3 Å². The van der Waals surface area contributed by atoms with E-state index in [-0.39, 0.29) is 24.9 Å². The van der Waals surface area contributed by atoms with E-state index in [0.717, 1.165) is 10.4 Å². The fourth-order valence-corrected chi connectivity index (χ4v) is 4.46. The minimum atomic E-state index is -0.234. The lowest BCUT2D eigenvalue weighted by Crippen LogP contribution is -2.43. The van der Waals surface area contributed by atoms with Crippen molar-refractivity contribution in [1.82, 2.24) is 9.80 Å². The van der Waals surface area contributed by atoms with Crippen molar-refractivity contribution >= 4 is 23.2 Å². The number of amides is 2. The molecule has 0 saturated carbocycles. The number of rotatable bonds is 13. The lowest BCUT2D eigenvalue weighted by Gasteiger charge is -2.27. The van der Waals surface area contributed by atoms with Gasteiger partial charge in [-0.1, -0.05) is 18.2 Å². The average Bonchev–Trinajstić information content (AvgIpc) is 3.43. The van der Waals surface area contributed by atoms with Crippen LogP contribution in [0.1, 0.15) is 20.8 Å². The number of hydrogen-bond donors (Lipinski definition) is 0. The van der Waals surface area contributed by atoms with Crippen molar-refractivity contribution in [2.45, 2.75) is 13.0 Å². The van der Waals surface area contributed by atoms with Crippen LogP contribution in [-0.4, -0.2) is 62.6 Å². The molecule has 0 N–H and O–H groups in total. The summed E-state index contributed by atoms with van der Waals surface area (Å²) in [7, 11) is 4.77. The van der Waals surface area contributed by atoms with Crippen molar-refractivity contribution < 1.29 is 23.8 Å². The lowest BCUT2D eigenvalue weighted by molar-refractivity contribution is -0.132. The smallest absolute Gasteiger partial charge is 0.254 e. The summed E-state index contributed by atoms with van der Waals surface area (Å²) in [6.07, 6.45) is 2.26. The predicted octanol–water partition coefficient (Wildman–Crippen LogP) is 4.67. The number of nitrogens with zero attached hydrogens (tertiary/aromatic N) is 2. The van der Waals surface area contributed by atoms with E-state index in [0.29, 0.717) is 42.3 Å². The van der Waals surface area contributed by atoms with Gasteiger partial charge in [-0.3, -0.25) is 9.59 Å². The van der Waals surface area contributed by atoms with E-state index in [4.69, 9.17) is 14.2 Å². The van der Waals surface area contributed by atoms with Gasteiger partial charge in [0.2, 0.25) is 5.91 Å². The van der Waals surface area contributed by atoms with Crippen LogP contribution in [0.3, 0.4) is 0 Å². The van der Waals surface area contributed by atoms with Crippen LogP contribution in [0.15, 0.2) is 72.6 Å². The Morgan fingerprint density at radius 1 is 0.944 bits per heavy atom. The molecule has 2 amide bonds. The first-order chi connectivity index (χ1) is 17.5. The Balaban J connectivity index is 1.75. The molecule has 8 heteroatoms. The summed E-state index contributed by atoms with van der Waals surface area (Å²) in [4.78, 5) is 31.0. The molecule has 0 atom stereocenters. The van der Waals surface area contributed by atoms with Crippen LogP contribution in [0.4, 0.5) is 0 Å². The van der Waals surface area contributed by atoms with Crippen LogP contribution in [0, 0.1) is 0 Å². The molecule has 3 rings (SSSR count). The van der Waals surface area contributed by atoms with Gasteiger partial charge in [-0.05, 0) is 59.8 Å². The van der Waals surface area contributed by atoms with Gasteiger partial charge in [0.15, 0.2) is 11.5 Å². The Hall–Kier alpha value is -3.78. The van der Waals surface area contributed by atoms with Crippen molar-refractivity contribution in [2.75, 3.05) is 41.0 Å². The summed E-state index contributed by atoms with van der Waals surface area (Å²) in [6, 6.07) is 16.6. The van der Waals surface area contributed by atoms with Crippen LogP contribution in [0.2, 0.25) is 0 Å². The van der Waals surface area contributed by atoms with Crippen LogP contribution in [-0.2, 0) is 17.8 Å². The number of ether oxygens (including phenoxy) is 3. The highest BCUT2D eigenvalue weighted by Crippen LogP contribution is 2.28. The molecule has 1 heterocycles. The zero-order chi connectivity index (χ0) is 25.9. The van der Waals surface area contributed by atoms with Gasteiger partial charge in [-0.2, -0.15) is 0 Å². The maximum Gasteiger partial charge on any atom is 0.254 e. The van der Waals surface area contributed by atoms with E-state index in [1.54, 1.807) is 67.9 Å². The molecule has 190 valence electrons. The summed E-state index contributed by atoms with van der Waals surface area (Å²) in [5, 5.41) is 1.99. The molecule has 3 aromatic rings. The Bertz CT molecular complexity index is 1150. The van der Waals surface area contributed by atoms with Crippen molar-refractivity contribution in [2.24, 2.45) is 0 Å². The Labute approximate surface area is 216 Å². The first kappa shape index (κ1) is 26.8. The fourth-order valence-electron chi connectivity index (χ4n) is 3.74. The summed E-state index contributed by atoms with van der Waals surface area (Å²) in [5.41, 5.74) is 1.51. The third-order valence-electron chi connectivity index (χ3n) is 5.70. The Morgan fingerprint density at radius 3 is 2.31 bits per heavy atom. The number of carbonyl (C=O) groups is 2. The maximum atomic E-state index is 13.5. The van der Waals surface area contributed by atoms with E-state index >= 15 is 0 Å². The molecule has 1 aromatic heterocycles. The van der Waals surface area contributed by atoms with E-state index in [1.165, 1.54) is 4.90 Å². The molecule has 0 fully saturated rings. The van der Waals surface area contributed by atoms with Gasteiger partial charge < -0.3 is 24.0 Å². The SMILES string of the molecule is C=CCN(CC(=O)N(CCc1ccc(OC)c(OC)c1)Cc1cccs1)C(=O)c1ccc(OC)cc1. The fraction of sp³-hybridized carbons (Fsp3) is 0.286. The molecular weight excluding hydrogens is 476 g/mol. The molecule has 36 heavy (non-hydrogen) atoms. The van der Waals surface area contributed by atoms with Gasteiger partial charge in [-0.25, -0.2) is 0 Å². The van der Waals surface area contributed by atoms with Crippen LogP contribution >= 0.6 is 11.3 Å². The van der Waals surface area contributed by atoms with Gasteiger partial charge in [0.05, 0.1) is 27.9 Å². The van der Waals surface area contributed by atoms with E-state index in [9.17, 15) is 9.59 Å². The molecule has 0 bridgehead atoms. The monoisotopic (exact) mass is 508 g/mol. The quantitative estimate of drug-likeness (QED) is 0.314. The van der Waals surface area contributed by atoms with Crippen LogP contribution in [0.5, 0.6) is 17.2 Å². The third kappa shape index (κ3) is 7.11. The normalized spacial score (nSPS) is 10.4. The minimum absolute atomic E-state index is 0.0474. The second kappa shape index (κ2) is 13.3. The van der Waals surface area contributed by atoms with Gasteiger partial charge >= 0.3 is 0 Å². The molecule has 2 aromatic carbocycles. The van der Waals surface area contributed by atoms with E-state index in [1.807, 2.05) is 35.7 Å². The molecule has 0 radical (unpaired) electrons. The molecule has 0 aliphatic carbocycles. The largest absolute Gasteiger partial charge is 0.497 e. The summed E-state index contributed by atoms with van der Waals surface area (Å²) < 4.78 is 15.9. The third-order valence-corrected chi connectivity index (χ3v) is 6.56. The Kier molecular flexibility index (Phi) is 9.94. The highest BCUT2D eigenvalue weighted by molar-refractivity contribution is 7.09. The predicted molar refractivity (Wildman–Crippen MR) is 142 cm³/mol. The van der Waals surface area contributed by atoms with Gasteiger partial charge in [-0.15, -0.1) is 17.9 Å². The molecule has 0 spiro atoms. The highest BCUT2D eigenvalue weighted by atomic mass is 32.1. The number of methoxy groups -OCH3 is 3. The second-order valence-electron chi connectivity index (χ2n) is 8.04. The zero-order valence-corrected chi connectivity index (χ0v) is 21.8. The number of carbonyl (C=O) groups excluding carboxylic acids is 2. The first-order valence-electron chi connectivity index (χ1n) is 11.5. The highest BCUT2D eigenvalue weighted by Gasteiger charge is 2.22. The second-order valence-corrected chi connectivity index (χ2v) is 9.07. The van der Waals surface area contributed by atoms with Crippen molar-refractivity contribution in [3.05, 3.63) is 88.6 Å². The molecule has 0 saturated heterocycles. The molecule has 7 nitrogen and oxygen atoms in total. The van der Waals surface area contributed by atoms with E-state index < -0.39 is 0 Å². The summed E-state index contributed by atoms with van der Waals surface area (Å²) in [6.45, 7) is 4.95. The van der Waals surface area contributed by atoms with Crippen molar-refractivity contribution in [1.29, 1.82) is 0 Å². The maximum absolute atomic E-state index is 13.5.